The van der Waals surface area contributed by atoms with Crippen molar-refractivity contribution in [2.75, 3.05) is 18.0 Å². The standard InChI is InChI=1S/C23H29N7O/c1-2-21-26-19-9-5-3-7-17(19)23(31)30(21)15-16-11-13-29(14-12-16)20-10-6-4-8-18(20)22(24)27-28-25/h3-10,16,28H,2,11-15,25H2,1H3,(H2,24,27). The molecule has 162 valence electrons. The Hall–Kier alpha value is -3.39. The van der Waals surface area contributed by atoms with Crippen molar-refractivity contribution in [2.45, 2.75) is 32.7 Å². The van der Waals surface area contributed by atoms with Crippen LogP contribution >= 0.6 is 0 Å². The van der Waals surface area contributed by atoms with Crippen molar-refractivity contribution in [3.8, 4) is 0 Å². The van der Waals surface area contributed by atoms with Crippen molar-refractivity contribution in [2.24, 2.45) is 22.6 Å². The summed E-state index contributed by atoms with van der Waals surface area (Å²) in [6, 6.07) is 15.5. The lowest BCUT2D eigenvalue weighted by Gasteiger charge is -2.35. The van der Waals surface area contributed by atoms with Crippen LogP contribution in [0.4, 0.5) is 5.69 Å². The van der Waals surface area contributed by atoms with Crippen LogP contribution in [0.25, 0.3) is 10.9 Å². The lowest BCUT2D eigenvalue weighted by atomic mass is 9.95. The Balaban J connectivity index is 1.52. The molecule has 5 N–H and O–H groups in total. The van der Waals surface area contributed by atoms with E-state index in [1.807, 2.05) is 47.0 Å². The minimum Gasteiger partial charge on any atom is -0.382 e. The summed E-state index contributed by atoms with van der Waals surface area (Å²) >= 11 is 0. The van der Waals surface area contributed by atoms with E-state index in [1.54, 1.807) is 0 Å². The number of hydrazone groups is 1. The minimum absolute atomic E-state index is 0.0634. The Morgan fingerprint density at radius 1 is 1.16 bits per heavy atom. The predicted octanol–water partition coefficient (Wildman–Crippen LogP) is 1.96. The summed E-state index contributed by atoms with van der Waals surface area (Å²) in [6.45, 7) is 4.54. The lowest BCUT2D eigenvalue weighted by molar-refractivity contribution is 0.347. The Kier molecular flexibility index (Phi) is 6.18. The Labute approximate surface area is 181 Å². The van der Waals surface area contributed by atoms with Gasteiger partial charge in [0.15, 0.2) is 5.84 Å². The van der Waals surface area contributed by atoms with Gasteiger partial charge in [-0.3, -0.25) is 9.36 Å². The number of para-hydroxylation sites is 2. The number of hydrogen-bond acceptors (Lipinski definition) is 6. The molecule has 8 heteroatoms. The van der Waals surface area contributed by atoms with E-state index in [0.29, 0.717) is 23.7 Å². The van der Waals surface area contributed by atoms with Crippen LogP contribution < -0.4 is 27.6 Å². The van der Waals surface area contributed by atoms with E-state index in [1.165, 1.54) is 0 Å². The molecular weight excluding hydrogens is 390 g/mol. The third kappa shape index (κ3) is 4.25. The Morgan fingerprint density at radius 2 is 1.87 bits per heavy atom. The van der Waals surface area contributed by atoms with E-state index in [0.717, 1.165) is 54.9 Å². The van der Waals surface area contributed by atoms with E-state index >= 15 is 0 Å². The van der Waals surface area contributed by atoms with E-state index in [2.05, 4.69) is 28.5 Å². The highest BCUT2D eigenvalue weighted by Gasteiger charge is 2.23. The molecule has 0 aliphatic carbocycles. The van der Waals surface area contributed by atoms with Gasteiger partial charge in [0, 0.05) is 37.3 Å². The maximum absolute atomic E-state index is 13.1. The van der Waals surface area contributed by atoms with E-state index in [-0.39, 0.29) is 5.56 Å². The zero-order chi connectivity index (χ0) is 21.8. The molecule has 0 unspecified atom stereocenters. The molecule has 0 radical (unpaired) electrons. The number of benzene rings is 2. The average molecular weight is 420 g/mol. The first-order chi connectivity index (χ1) is 15.1. The fourth-order valence-corrected chi connectivity index (χ4v) is 4.38. The molecule has 8 nitrogen and oxygen atoms in total. The maximum atomic E-state index is 13.1. The molecule has 2 aromatic carbocycles. The van der Waals surface area contributed by atoms with Crippen molar-refractivity contribution >= 4 is 22.4 Å². The summed E-state index contributed by atoms with van der Waals surface area (Å²) in [5, 5.41) is 4.61. The number of nitrogens with two attached hydrogens (primary N) is 2. The normalized spacial score (nSPS) is 15.4. The molecule has 1 aliphatic rings. The van der Waals surface area contributed by atoms with Crippen LogP contribution in [-0.4, -0.2) is 28.5 Å². The first-order valence-corrected chi connectivity index (χ1v) is 10.7. The number of nitrogens with one attached hydrogen (secondary N) is 1. The molecule has 0 spiro atoms. The number of nitrogens with zero attached hydrogens (tertiary/aromatic N) is 4. The molecule has 4 rings (SSSR count). The number of amidine groups is 1. The molecule has 0 amide bonds. The van der Waals surface area contributed by atoms with Crippen molar-refractivity contribution in [3.05, 3.63) is 70.3 Å². The fraction of sp³-hybridized carbons (Fsp3) is 0.348. The van der Waals surface area contributed by atoms with Crippen LogP contribution in [0.1, 0.15) is 31.2 Å². The first kappa shape index (κ1) is 20.9. The van der Waals surface area contributed by atoms with Crippen molar-refractivity contribution < 1.29 is 0 Å². The summed E-state index contributed by atoms with van der Waals surface area (Å²) in [5.74, 6) is 6.93. The predicted molar refractivity (Wildman–Crippen MR) is 125 cm³/mol. The highest BCUT2D eigenvalue weighted by atomic mass is 16.1. The molecule has 0 saturated carbocycles. The number of hydrazine groups is 1. The van der Waals surface area contributed by atoms with Crippen LogP contribution in [0.5, 0.6) is 0 Å². The van der Waals surface area contributed by atoms with E-state index < -0.39 is 0 Å². The molecular formula is C23H29N7O. The van der Waals surface area contributed by atoms with Gasteiger partial charge in [-0.2, -0.15) is 0 Å². The van der Waals surface area contributed by atoms with Gasteiger partial charge in [0.05, 0.1) is 10.9 Å². The molecule has 2 heterocycles. The number of aromatic nitrogens is 2. The monoisotopic (exact) mass is 419 g/mol. The van der Waals surface area contributed by atoms with E-state index in [4.69, 9.17) is 16.6 Å². The summed E-state index contributed by atoms with van der Waals surface area (Å²) < 4.78 is 1.88. The number of hydrogen-bond donors (Lipinski definition) is 3. The van der Waals surface area contributed by atoms with E-state index in [9.17, 15) is 4.79 Å². The molecule has 3 aromatic rings. The second kappa shape index (κ2) is 9.18. The summed E-state index contributed by atoms with van der Waals surface area (Å²) in [4.78, 5) is 20.2. The van der Waals surface area contributed by atoms with Gasteiger partial charge in [0.2, 0.25) is 0 Å². The molecule has 0 bridgehead atoms. The van der Waals surface area contributed by atoms with Gasteiger partial charge in [-0.15, -0.1) is 5.10 Å². The highest BCUT2D eigenvalue weighted by Crippen LogP contribution is 2.27. The maximum Gasteiger partial charge on any atom is 0.261 e. The van der Waals surface area contributed by atoms with Crippen molar-refractivity contribution in [3.63, 3.8) is 0 Å². The number of piperidine rings is 1. The number of anilines is 1. The van der Waals surface area contributed by atoms with Gasteiger partial charge in [-0.25, -0.2) is 16.4 Å². The van der Waals surface area contributed by atoms with Crippen LogP contribution in [0.3, 0.4) is 0 Å². The third-order valence-corrected chi connectivity index (χ3v) is 6.02. The largest absolute Gasteiger partial charge is 0.382 e. The van der Waals surface area contributed by atoms with Crippen LogP contribution in [0, 0.1) is 5.92 Å². The molecule has 1 aromatic heterocycles. The Morgan fingerprint density at radius 3 is 2.61 bits per heavy atom. The molecule has 1 fully saturated rings. The first-order valence-electron chi connectivity index (χ1n) is 10.7. The fourth-order valence-electron chi connectivity index (χ4n) is 4.38. The smallest absolute Gasteiger partial charge is 0.261 e. The summed E-state index contributed by atoms with van der Waals surface area (Å²) in [5.41, 5.74) is 11.1. The number of aryl methyl sites for hydroxylation is 1. The Bertz CT molecular complexity index is 1150. The van der Waals surface area contributed by atoms with Gasteiger partial charge in [0.1, 0.15) is 5.82 Å². The number of rotatable bonds is 6. The number of fused-ring (bicyclic) bond motifs is 1. The minimum atomic E-state index is 0.0634. The van der Waals surface area contributed by atoms with Crippen molar-refractivity contribution in [1.29, 1.82) is 0 Å². The topological polar surface area (TPSA) is 115 Å². The van der Waals surface area contributed by atoms with Crippen molar-refractivity contribution in [1.82, 2.24) is 15.1 Å². The van der Waals surface area contributed by atoms with Crippen LogP contribution in [0.2, 0.25) is 0 Å². The molecule has 31 heavy (non-hydrogen) atoms. The second-order valence-corrected chi connectivity index (χ2v) is 7.89. The average Bonchev–Trinajstić information content (AvgIpc) is 2.81. The molecule has 1 saturated heterocycles. The SMILES string of the molecule is CCc1nc2ccccc2c(=O)n1CC1CCN(c2ccccc2/C(N)=N/NN)CC1. The van der Waals surface area contributed by atoms with Crippen LogP contribution in [0.15, 0.2) is 58.4 Å². The third-order valence-electron chi connectivity index (χ3n) is 6.02. The lowest BCUT2D eigenvalue weighted by Crippen LogP contribution is -2.38. The molecule has 0 atom stereocenters. The van der Waals surface area contributed by atoms with Crippen LogP contribution in [-0.2, 0) is 13.0 Å². The van der Waals surface area contributed by atoms with Gasteiger partial charge < -0.3 is 10.6 Å². The van der Waals surface area contributed by atoms with Gasteiger partial charge in [0.25, 0.3) is 5.56 Å². The highest BCUT2D eigenvalue weighted by molar-refractivity contribution is 6.02. The zero-order valence-electron chi connectivity index (χ0n) is 17.8. The quantitative estimate of drug-likeness (QED) is 0.244. The summed E-state index contributed by atoms with van der Waals surface area (Å²) in [6.07, 6.45) is 2.71. The second-order valence-electron chi connectivity index (χ2n) is 7.89. The summed E-state index contributed by atoms with van der Waals surface area (Å²) in [7, 11) is 0. The van der Waals surface area contributed by atoms with Gasteiger partial charge in [-0.1, -0.05) is 31.2 Å². The van der Waals surface area contributed by atoms with Gasteiger partial charge in [-0.05, 0) is 43.0 Å². The van der Waals surface area contributed by atoms with Gasteiger partial charge >= 0.3 is 0 Å². The zero-order valence-corrected chi connectivity index (χ0v) is 17.8. The molecule has 1 aliphatic heterocycles.